The molecule has 1 unspecified atom stereocenters. The molecule has 1 aromatic heterocycles. The van der Waals surface area contributed by atoms with Crippen molar-refractivity contribution in [3.63, 3.8) is 0 Å². The Balaban J connectivity index is 1.24. The van der Waals surface area contributed by atoms with Gasteiger partial charge in [0, 0.05) is 11.9 Å². The Bertz CT molecular complexity index is 629. The quantitative estimate of drug-likeness (QED) is 0.488. The van der Waals surface area contributed by atoms with Crippen LogP contribution in [0.5, 0.6) is 0 Å². The van der Waals surface area contributed by atoms with E-state index in [1.807, 2.05) is 6.20 Å². The number of fused-ring (bicyclic) bond motifs is 1. The molecule has 0 N–H and O–H groups in total. The summed E-state index contributed by atoms with van der Waals surface area (Å²) >= 11 is 0. The predicted octanol–water partition coefficient (Wildman–Crippen LogP) is 6.33. The Labute approximate surface area is 153 Å². The van der Waals surface area contributed by atoms with Gasteiger partial charge >= 0.3 is 0 Å². The number of pyridine rings is 1. The van der Waals surface area contributed by atoms with Crippen molar-refractivity contribution in [3.8, 4) is 0 Å². The van der Waals surface area contributed by atoms with Crippen LogP contribution in [0.1, 0.15) is 74.3 Å². The Morgan fingerprint density at radius 2 is 1.72 bits per heavy atom. The van der Waals surface area contributed by atoms with Crippen molar-refractivity contribution in [1.82, 2.24) is 4.98 Å². The van der Waals surface area contributed by atoms with E-state index in [1.54, 1.807) is 11.1 Å². The van der Waals surface area contributed by atoms with Crippen molar-refractivity contribution >= 4 is 0 Å². The molecule has 1 nitrogen and oxygen atoms in total. The molecule has 1 heteroatoms. The van der Waals surface area contributed by atoms with Gasteiger partial charge in [0.2, 0.25) is 0 Å². The summed E-state index contributed by atoms with van der Waals surface area (Å²) in [4.78, 5) is 4.56. The summed E-state index contributed by atoms with van der Waals surface area (Å²) in [6, 6.07) is 13.5. The van der Waals surface area contributed by atoms with Crippen molar-refractivity contribution < 1.29 is 0 Å². The van der Waals surface area contributed by atoms with Crippen molar-refractivity contribution in [2.45, 2.75) is 77.6 Å². The lowest BCUT2D eigenvalue weighted by Gasteiger charge is -2.24. The van der Waals surface area contributed by atoms with Gasteiger partial charge in [0.05, 0.1) is 0 Å². The summed E-state index contributed by atoms with van der Waals surface area (Å²) in [5.74, 6) is 0.927. The highest BCUT2D eigenvalue weighted by molar-refractivity contribution is 5.29. The highest BCUT2D eigenvalue weighted by Crippen LogP contribution is 2.28. The average molecular weight is 336 g/mol. The Morgan fingerprint density at radius 3 is 2.52 bits per heavy atom. The third-order valence-electron chi connectivity index (χ3n) is 5.79. The van der Waals surface area contributed by atoms with Crippen LogP contribution in [0.3, 0.4) is 0 Å². The van der Waals surface area contributed by atoms with Crippen LogP contribution in [-0.4, -0.2) is 4.98 Å². The molecule has 0 saturated carbocycles. The van der Waals surface area contributed by atoms with Gasteiger partial charge in [-0.2, -0.15) is 0 Å². The first kappa shape index (κ1) is 18.2. The van der Waals surface area contributed by atoms with E-state index in [0.717, 1.165) is 18.8 Å². The number of aromatic nitrogens is 1. The molecule has 0 bridgehead atoms. The van der Waals surface area contributed by atoms with Gasteiger partial charge in [0.15, 0.2) is 0 Å². The van der Waals surface area contributed by atoms with Crippen molar-refractivity contribution in [2.75, 3.05) is 0 Å². The first-order valence-corrected chi connectivity index (χ1v) is 10.4. The second-order valence-electron chi connectivity index (χ2n) is 7.70. The molecule has 0 radical (unpaired) electrons. The van der Waals surface area contributed by atoms with Crippen LogP contribution in [0.4, 0.5) is 0 Å². The topological polar surface area (TPSA) is 12.9 Å². The van der Waals surface area contributed by atoms with Gasteiger partial charge < -0.3 is 0 Å². The lowest BCUT2D eigenvalue weighted by molar-refractivity contribution is 0.404. The molecule has 3 rings (SSSR count). The Hall–Kier alpha value is -1.63. The summed E-state index contributed by atoms with van der Waals surface area (Å²) < 4.78 is 0. The van der Waals surface area contributed by atoms with Gasteiger partial charge in [-0.05, 0) is 67.2 Å². The van der Waals surface area contributed by atoms with E-state index in [1.165, 1.54) is 69.0 Å². The van der Waals surface area contributed by atoms with Crippen molar-refractivity contribution in [2.24, 2.45) is 5.92 Å². The minimum absolute atomic E-state index is 0.927. The predicted molar refractivity (Wildman–Crippen MR) is 107 cm³/mol. The minimum Gasteiger partial charge on any atom is -0.261 e. The van der Waals surface area contributed by atoms with Gasteiger partial charge in [-0.15, -0.1) is 0 Å². The number of hydrogen-bond acceptors (Lipinski definition) is 1. The number of hydrogen-bond donors (Lipinski definition) is 0. The molecule has 0 amide bonds. The number of nitrogens with zero attached hydrogens (tertiary/aromatic N) is 1. The summed E-state index contributed by atoms with van der Waals surface area (Å²) in [5, 5.41) is 0. The number of benzene rings is 1. The fraction of sp³-hybridized carbons (Fsp3) is 0.542. The first-order chi connectivity index (χ1) is 12.3. The third kappa shape index (κ3) is 5.70. The molecule has 1 aromatic carbocycles. The first-order valence-electron chi connectivity index (χ1n) is 10.4. The number of aryl methyl sites for hydroxylation is 3. The molecule has 0 aliphatic heterocycles. The highest BCUT2D eigenvalue weighted by Gasteiger charge is 2.17. The maximum Gasteiger partial charge on any atom is 0.0403 e. The molecule has 1 aliphatic carbocycles. The summed E-state index contributed by atoms with van der Waals surface area (Å²) in [7, 11) is 0. The molecule has 2 aromatic rings. The van der Waals surface area contributed by atoms with E-state index in [4.69, 9.17) is 0 Å². The summed E-state index contributed by atoms with van der Waals surface area (Å²) in [5.41, 5.74) is 5.81. The van der Waals surface area contributed by atoms with E-state index in [0.29, 0.717) is 0 Å². The molecular weight excluding hydrogens is 302 g/mol. The molecule has 1 aliphatic rings. The monoisotopic (exact) mass is 335 g/mol. The van der Waals surface area contributed by atoms with Gasteiger partial charge in [-0.25, -0.2) is 0 Å². The SMILES string of the molecule is CCc1ccc(CCCCCCCC2CCc3ccccc3C2)nc1. The minimum atomic E-state index is 0.927. The smallest absolute Gasteiger partial charge is 0.0403 e. The van der Waals surface area contributed by atoms with Gasteiger partial charge in [-0.3, -0.25) is 4.98 Å². The van der Waals surface area contributed by atoms with E-state index in [-0.39, 0.29) is 0 Å². The van der Waals surface area contributed by atoms with Gasteiger partial charge in [0.25, 0.3) is 0 Å². The molecular formula is C24H33N. The largest absolute Gasteiger partial charge is 0.261 e. The molecule has 0 fully saturated rings. The Kier molecular flexibility index (Phi) is 7.09. The van der Waals surface area contributed by atoms with Crippen LogP contribution in [-0.2, 0) is 25.7 Å². The lowest BCUT2D eigenvalue weighted by Crippen LogP contribution is -2.14. The molecule has 0 saturated heterocycles. The highest BCUT2D eigenvalue weighted by atomic mass is 14.7. The molecule has 134 valence electrons. The van der Waals surface area contributed by atoms with Crippen LogP contribution in [0, 0.1) is 5.92 Å². The normalized spacial score (nSPS) is 16.6. The van der Waals surface area contributed by atoms with Crippen LogP contribution < -0.4 is 0 Å². The zero-order valence-corrected chi connectivity index (χ0v) is 15.8. The van der Waals surface area contributed by atoms with E-state index >= 15 is 0 Å². The van der Waals surface area contributed by atoms with Crippen LogP contribution >= 0.6 is 0 Å². The van der Waals surface area contributed by atoms with Crippen LogP contribution in [0.15, 0.2) is 42.6 Å². The van der Waals surface area contributed by atoms with E-state index in [2.05, 4.69) is 48.3 Å². The standard InChI is InChI=1S/C24H33N/c1-2-20-15-17-24(25-19-20)13-7-5-3-4-6-10-21-14-16-22-11-8-9-12-23(22)18-21/h8-9,11-12,15,17,19,21H,2-7,10,13-14,16,18H2,1H3. The van der Waals surface area contributed by atoms with E-state index < -0.39 is 0 Å². The average Bonchev–Trinajstić information content (AvgIpc) is 2.67. The zero-order chi connectivity index (χ0) is 17.3. The fourth-order valence-corrected chi connectivity index (χ4v) is 4.10. The second-order valence-corrected chi connectivity index (χ2v) is 7.70. The van der Waals surface area contributed by atoms with Crippen molar-refractivity contribution in [1.29, 1.82) is 0 Å². The zero-order valence-electron chi connectivity index (χ0n) is 15.8. The number of unbranched alkanes of at least 4 members (excludes halogenated alkanes) is 4. The van der Waals surface area contributed by atoms with Gasteiger partial charge in [-0.1, -0.05) is 69.4 Å². The van der Waals surface area contributed by atoms with Gasteiger partial charge in [0.1, 0.15) is 0 Å². The number of rotatable bonds is 9. The molecule has 25 heavy (non-hydrogen) atoms. The molecule has 0 spiro atoms. The lowest BCUT2D eigenvalue weighted by atomic mass is 9.81. The van der Waals surface area contributed by atoms with Crippen LogP contribution in [0.2, 0.25) is 0 Å². The summed E-state index contributed by atoms with van der Waals surface area (Å²) in [6.45, 7) is 2.18. The maximum absolute atomic E-state index is 4.56. The van der Waals surface area contributed by atoms with Crippen molar-refractivity contribution in [3.05, 3.63) is 65.0 Å². The summed E-state index contributed by atoms with van der Waals surface area (Å²) in [6.07, 6.45) is 16.5. The second kappa shape index (κ2) is 9.75. The molecule has 1 heterocycles. The maximum atomic E-state index is 4.56. The third-order valence-corrected chi connectivity index (χ3v) is 5.79. The van der Waals surface area contributed by atoms with Crippen LogP contribution in [0.25, 0.3) is 0 Å². The van der Waals surface area contributed by atoms with E-state index in [9.17, 15) is 0 Å². The Morgan fingerprint density at radius 1 is 0.920 bits per heavy atom. The molecule has 1 atom stereocenters. The fourth-order valence-electron chi connectivity index (χ4n) is 4.10.